The normalized spacial score (nSPS) is 30.1. The largest absolute Gasteiger partial charge is 0.302 e. The zero-order chi connectivity index (χ0) is 15.2. The summed E-state index contributed by atoms with van der Waals surface area (Å²) in [5.41, 5.74) is 4.39. The first kappa shape index (κ1) is 14.0. The summed E-state index contributed by atoms with van der Waals surface area (Å²) in [6, 6.07) is 20.0. The Morgan fingerprint density at radius 3 is 2.45 bits per heavy atom. The SMILES string of the molecule is CN(C)[C@@]12CCCN[C@]1(c1ccccc1)c1ccccc1C2. The van der Waals surface area contributed by atoms with Crippen molar-refractivity contribution in [2.45, 2.75) is 30.3 Å². The monoisotopic (exact) mass is 292 g/mol. The zero-order valence-electron chi connectivity index (χ0n) is 13.5. The van der Waals surface area contributed by atoms with Crippen LogP contribution in [0, 0.1) is 0 Å². The Balaban J connectivity index is 2.03. The van der Waals surface area contributed by atoms with Crippen LogP contribution < -0.4 is 5.32 Å². The van der Waals surface area contributed by atoms with E-state index in [1.807, 2.05) is 0 Å². The first-order valence-corrected chi connectivity index (χ1v) is 8.27. The van der Waals surface area contributed by atoms with Crippen LogP contribution in [-0.2, 0) is 12.0 Å². The maximum absolute atomic E-state index is 3.95. The maximum atomic E-state index is 3.95. The van der Waals surface area contributed by atoms with E-state index in [4.69, 9.17) is 0 Å². The van der Waals surface area contributed by atoms with E-state index in [0.29, 0.717) is 0 Å². The van der Waals surface area contributed by atoms with Gasteiger partial charge in [0.15, 0.2) is 0 Å². The lowest BCUT2D eigenvalue weighted by Crippen LogP contribution is -2.67. The van der Waals surface area contributed by atoms with Crippen LogP contribution in [0.25, 0.3) is 0 Å². The molecule has 2 aliphatic rings. The van der Waals surface area contributed by atoms with Gasteiger partial charge >= 0.3 is 0 Å². The molecule has 1 N–H and O–H groups in total. The maximum Gasteiger partial charge on any atom is 0.0883 e. The van der Waals surface area contributed by atoms with Crippen LogP contribution in [0.2, 0.25) is 0 Å². The summed E-state index contributed by atoms with van der Waals surface area (Å²) in [5.74, 6) is 0. The highest BCUT2D eigenvalue weighted by Gasteiger charge is 2.60. The van der Waals surface area contributed by atoms with Crippen LogP contribution in [0.4, 0.5) is 0 Å². The minimum Gasteiger partial charge on any atom is -0.302 e. The fraction of sp³-hybridized carbons (Fsp3) is 0.400. The number of likely N-dealkylation sites (N-methyl/N-ethyl adjacent to an activating group) is 1. The Bertz CT molecular complexity index is 679. The standard InChI is InChI=1S/C20H24N2/c1-22(2)19-13-8-14-21-20(19,17-10-4-3-5-11-17)18-12-7-6-9-16(18)15-19/h3-7,9-12,21H,8,13-15H2,1-2H3/t19-,20-/m1/s1. The Kier molecular flexibility index (Phi) is 3.14. The van der Waals surface area contributed by atoms with Gasteiger partial charge in [0.1, 0.15) is 0 Å². The van der Waals surface area contributed by atoms with Gasteiger partial charge < -0.3 is 10.2 Å². The van der Waals surface area contributed by atoms with E-state index in [2.05, 4.69) is 78.9 Å². The van der Waals surface area contributed by atoms with Crippen molar-refractivity contribution in [3.05, 3.63) is 71.3 Å². The summed E-state index contributed by atoms with van der Waals surface area (Å²) < 4.78 is 0. The zero-order valence-corrected chi connectivity index (χ0v) is 13.5. The fourth-order valence-corrected chi connectivity index (χ4v) is 4.86. The van der Waals surface area contributed by atoms with Crippen LogP contribution in [0.1, 0.15) is 29.5 Å². The number of benzene rings is 2. The van der Waals surface area contributed by atoms with E-state index in [1.165, 1.54) is 29.5 Å². The summed E-state index contributed by atoms with van der Waals surface area (Å²) in [6.45, 7) is 1.08. The van der Waals surface area contributed by atoms with Crippen LogP contribution in [0.15, 0.2) is 54.6 Å². The first-order valence-electron chi connectivity index (χ1n) is 8.27. The molecule has 1 saturated heterocycles. The third-order valence-corrected chi connectivity index (χ3v) is 5.82. The Morgan fingerprint density at radius 1 is 0.955 bits per heavy atom. The third kappa shape index (κ3) is 1.62. The molecule has 0 unspecified atom stereocenters. The first-order chi connectivity index (χ1) is 10.7. The van der Waals surface area contributed by atoms with E-state index in [0.717, 1.165) is 13.0 Å². The van der Waals surface area contributed by atoms with Crippen molar-refractivity contribution >= 4 is 0 Å². The molecule has 2 heteroatoms. The van der Waals surface area contributed by atoms with Gasteiger partial charge in [0, 0.05) is 0 Å². The van der Waals surface area contributed by atoms with Crippen LogP contribution in [-0.4, -0.2) is 31.1 Å². The Labute approximate surface area is 133 Å². The fourth-order valence-electron chi connectivity index (χ4n) is 4.86. The molecule has 1 aliphatic carbocycles. The number of rotatable bonds is 2. The molecule has 1 fully saturated rings. The molecule has 4 rings (SSSR count). The van der Waals surface area contributed by atoms with Gasteiger partial charge in [-0.3, -0.25) is 0 Å². The van der Waals surface area contributed by atoms with Crippen molar-refractivity contribution in [2.24, 2.45) is 0 Å². The smallest absolute Gasteiger partial charge is 0.0883 e. The van der Waals surface area contributed by atoms with Crippen molar-refractivity contribution in [1.82, 2.24) is 10.2 Å². The van der Waals surface area contributed by atoms with Crippen molar-refractivity contribution in [3.63, 3.8) is 0 Å². The molecule has 0 saturated carbocycles. The molecule has 0 spiro atoms. The molecule has 2 aromatic carbocycles. The lowest BCUT2D eigenvalue weighted by Gasteiger charge is -2.54. The second-order valence-corrected chi connectivity index (χ2v) is 6.91. The van der Waals surface area contributed by atoms with E-state index < -0.39 is 0 Å². The van der Waals surface area contributed by atoms with E-state index >= 15 is 0 Å². The van der Waals surface area contributed by atoms with E-state index in [9.17, 15) is 0 Å². The summed E-state index contributed by atoms with van der Waals surface area (Å²) in [5, 5.41) is 3.95. The molecule has 0 amide bonds. The average molecular weight is 292 g/mol. The Morgan fingerprint density at radius 2 is 1.68 bits per heavy atom. The molecule has 114 valence electrons. The highest BCUT2D eigenvalue weighted by molar-refractivity contribution is 5.53. The summed E-state index contributed by atoms with van der Waals surface area (Å²) >= 11 is 0. The second kappa shape index (κ2) is 4.94. The minimum atomic E-state index is -0.0907. The molecule has 0 radical (unpaired) electrons. The van der Waals surface area contributed by atoms with Gasteiger partial charge in [-0.1, -0.05) is 54.6 Å². The topological polar surface area (TPSA) is 15.3 Å². The van der Waals surface area contributed by atoms with Crippen LogP contribution in [0.5, 0.6) is 0 Å². The molecule has 0 aromatic heterocycles. The van der Waals surface area contributed by atoms with Crippen LogP contribution in [0.3, 0.4) is 0 Å². The van der Waals surface area contributed by atoms with Gasteiger partial charge in [0.25, 0.3) is 0 Å². The summed E-state index contributed by atoms with van der Waals surface area (Å²) in [6.07, 6.45) is 3.59. The molecule has 1 aliphatic heterocycles. The number of hydrogen-bond acceptors (Lipinski definition) is 2. The quantitative estimate of drug-likeness (QED) is 0.914. The molecular weight excluding hydrogens is 268 g/mol. The van der Waals surface area contributed by atoms with Gasteiger partial charge in [-0.05, 0) is 56.6 Å². The molecule has 2 atom stereocenters. The number of nitrogens with one attached hydrogen (secondary N) is 1. The number of hydrogen-bond donors (Lipinski definition) is 1. The van der Waals surface area contributed by atoms with Gasteiger partial charge in [-0.2, -0.15) is 0 Å². The van der Waals surface area contributed by atoms with E-state index in [-0.39, 0.29) is 11.1 Å². The highest BCUT2D eigenvalue weighted by Crippen LogP contribution is 2.54. The highest BCUT2D eigenvalue weighted by atomic mass is 15.2. The van der Waals surface area contributed by atoms with Crippen molar-refractivity contribution in [1.29, 1.82) is 0 Å². The number of piperidine rings is 1. The van der Waals surface area contributed by atoms with Crippen LogP contribution >= 0.6 is 0 Å². The predicted molar refractivity (Wildman–Crippen MR) is 91.0 cm³/mol. The van der Waals surface area contributed by atoms with Gasteiger partial charge in [-0.15, -0.1) is 0 Å². The predicted octanol–water partition coefficient (Wildman–Crippen LogP) is 3.17. The molecule has 22 heavy (non-hydrogen) atoms. The average Bonchev–Trinajstić information content (AvgIpc) is 2.88. The van der Waals surface area contributed by atoms with Crippen molar-refractivity contribution < 1.29 is 0 Å². The van der Waals surface area contributed by atoms with Gasteiger partial charge in [-0.25, -0.2) is 0 Å². The molecule has 2 aromatic rings. The molecule has 2 nitrogen and oxygen atoms in total. The minimum absolute atomic E-state index is 0.0907. The number of nitrogens with zero attached hydrogens (tertiary/aromatic N) is 1. The Hall–Kier alpha value is -1.64. The van der Waals surface area contributed by atoms with E-state index in [1.54, 1.807) is 0 Å². The molecular formula is C20H24N2. The van der Waals surface area contributed by atoms with Gasteiger partial charge in [0.2, 0.25) is 0 Å². The third-order valence-electron chi connectivity index (χ3n) is 5.82. The lowest BCUT2D eigenvalue weighted by molar-refractivity contribution is 0.0330. The molecule has 1 heterocycles. The van der Waals surface area contributed by atoms with Crippen molar-refractivity contribution in [2.75, 3.05) is 20.6 Å². The van der Waals surface area contributed by atoms with Crippen molar-refractivity contribution in [3.8, 4) is 0 Å². The van der Waals surface area contributed by atoms with Gasteiger partial charge in [0.05, 0.1) is 11.1 Å². The summed E-state index contributed by atoms with van der Waals surface area (Å²) in [7, 11) is 4.49. The molecule has 0 bridgehead atoms. The number of fused-ring (bicyclic) bond motifs is 3. The summed E-state index contributed by atoms with van der Waals surface area (Å²) in [4.78, 5) is 2.46. The second-order valence-electron chi connectivity index (χ2n) is 6.91. The lowest BCUT2D eigenvalue weighted by atomic mass is 9.67.